The Morgan fingerprint density at radius 2 is 1.43 bits per heavy atom. The smallest absolute Gasteiger partial charge is 0.290 e. The zero-order chi connectivity index (χ0) is 10.6. The molecule has 1 heterocycles. The van der Waals surface area contributed by atoms with Gasteiger partial charge in [0, 0.05) is 0 Å². The van der Waals surface area contributed by atoms with E-state index in [-0.39, 0.29) is 0 Å². The number of hydrogen-bond acceptors (Lipinski definition) is 3. The second-order valence-corrected chi connectivity index (χ2v) is 3.95. The number of nitrogens with zero attached hydrogens (tertiary/aromatic N) is 2. The predicted molar refractivity (Wildman–Crippen MR) is 63.6 cm³/mol. The summed E-state index contributed by atoms with van der Waals surface area (Å²) in [6.45, 7) is 8.88. The van der Waals surface area contributed by atoms with Gasteiger partial charge in [0.25, 0.3) is 22.6 Å². The molecule has 0 saturated carbocycles. The van der Waals surface area contributed by atoms with Gasteiger partial charge >= 0.3 is 0 Å². The molecule has 6 heteroatoms. The number of nitrogens with one attached hydrogen (secondary N) is 1. The van der Waals surface area contributed by atoms with Crippen molar-refractivity contribution < 1.29 is 0 Å². The van der Waals surface area contributed by atoms with Crippen molar-refractivity contribution in [1.82, 2.24) is 14.6 Å². The minimum atomic E-state index is 0.558. The summed E-state index contributed by atoms with van der Waals surface area (Å²) in [5, 5.41) is 3.19. The molecule has 75 valence electrons. The molecular formula is C8H19B3N3. The van der Waals surface area contributed by atoms with Gasteiger partial charge in [0.05, 0.1) is 0 Å². The fourth-order valence-electron chi connectivity index (χ4n) is 1.33. The highest BCUT2D eigenvalue weighted by Gasteiger charge is 2.26. The Morgan fingerprint density at radius 1 is 1.00 bits per heavy atom. The van der Waals surface area contributed by atoms with Crippen molar-refractivity contribution in [2.24, 2.45) is 0 Å². The maximum atomic E-state index is 3.19. The quantitative estimate of drug-likeness (QED) is 0.646. The topological polar surface area (TPSA) is 18.5 Å². The molecule has 0 aromatic heterocycles. The first-order chi connectivity index (χ1) is 6.69. The molecule has 0 aliphatic carbocycles. The van der Waals surface area contributed by atoms with E-state index in [1.54, 1.807) is 0 Å². The van der Waals surface area contributed by atoms with Gasteiger partial charge in [-0.1, -0.05) is 27.7 Å². The van der Waals surface area contributed by atoms with Crippen LogP contribution in [0.15, 0.2) is 0 Å². The Kier molecular flexibility index (Phi) is 5.06. The zero-order valence-corrected chi connectivity index (χ0v) is 9.70. The fraction of sp³-hybridized carbons (Fsp3) is 1.00. The van der Waals surface area contributed by atoms with Crippen molar-refractivity contribution in [3.63, 3.8) is 0 Å². The van der Waals surface area contributed by atoms with E-state index in [0.717, 1.165) is 12.8 Å². The molecule has 1 fully saturated rings. The normalized spacial score (nSPS) is 23.1. The second-order valence-electron chi connectivity index (χ2n) is 3.95. The highest BCUT2D eigenvalue weighted by Crippen LogP contribution is 2.07. The first-order valence-electron chi connectivity index (χ1n) is 5.51. The SMILES string of the molecule is CCC(C)N1[B]N[B]N(C(C)CC)[B]1. The third kappa shape index (κ3) is 3.04. The Balaban J connectivity index is 2.43. The molecule has 3 radical (unpaired) electrons. The Labute approximate surface area is 90.5 Å². The van der Waals surface area contributed by atoms with Crippen LogP contribution >= 0.6 is 0 Å². The largest absolute Gasteiger partial charge is 0.379 e. The summed E-state index contributed by atoms with van der Waals surface area (Å²) < 4.78 is 4.46. The minimum Gasteiger partial charge on any atom is -0.379 e. The fourth-order valence-corrected chi connectivity index (χ4v) is 1.33. The molecule has 0 amide bonds. The molecular weight excluding hydrogens is 171 g/mol. The average molecular weight is 190 g/mol. The molecule has 1 rings (SSSR count). The van der Waals surface area contributed by atoms with Crippen LogP contribution in [0.1, 0.15) is 40.5 Å². The lowest BCUT2D eigenvalue weighted by Gasteiger charge is -2.39. The number of rotatable bonds is 4. The van der Waals surface area contributed by atoms with Crippen LogP contribution in [-0.2, 0) is 0 Å². The maximum Gasteiger partial charge on any atom is 0.290 e. The van der Waals surface area contributed by atoms with Crippen molar-refractivity contribution >= 4 is 22.6 Å². The molecule has 1 aliphatic rings. The van der Waals surface area contributed by atoms with Gasteiger partial charge in [0.1, 0.15) is 0 Å². The van der Waals surface area contributed by atoms with Gasteiger partial charge in [-0.05, 0) is 24.9 Å². The second kappa shape index (κ2) is 5.84. The van der Waals surface area contributed by atoms with Crippen LogP contribution in [0.4, 0.5) is 0 Å². The van der Waals surface area contributed by atoms with Crippen molar-refractivity contribution in [2.75, 3.05) is 0 Å². The van der Waals surface area contributed by atoms with Crippen LogP contribution in [0, 0.1) is 0 Å². The summed E-state index contributed by atoms with van der Waals surface area (Å²) in [4.78, 5) is 0. The molecule has 0 spiro atoms. The lowest BCUT2D eigenvalue weighted by atomic mass is 9.74. The average Bonchev–Trinajstić information content (AvgIpc) is 2.27. The summed E-state index contributed by atoms with van der Waals surface area (Å²) in [6.07, 6.45) is 2.31. The molecule has 14 heavy (non-hydrogen) atoms. The standard InChI is InChI=1S/C8H19B3N3/c1-5-7(3)13-9-12-10-14(11-13)8(4)6-2/h7-8,12H,5-6H2,1-4H3. The molecule has 3 nitrogen and oxygen atoms in total. The summed E-state index contributed by atoms with van der Waals surface area (Å²) in [7, 11) is 6.22. The van der Waals surface area contributed by atoms with E-state index in [0.29, 0.717) is 12.1 Å². The molecule has 0 aromatic carbocycles. The molecule has 1 aliphatic heterocycles. The van der Waals surface area contributed by atoms with Crippen LogP contribution in [0.2, 0.25) is 0 Å². The van der Waals surface area contributed by atoms with Crippen LogP contribution < -0.4 is 5.14 Å². The van der Waals surface area contributed by atoms with Crippen molar-refractivity contribution in [3.8, 4) is 0 Å². The van der Waals surface area contributed by atoms with Crippen molar-refractivity contribution in [1.29, 1.82) is 0 Å². The number of hydrogen-bond donors (Lipinski definition) is 1. The molecule has 1 saturated heterocycles. The van der Waals surface area contributed by atoms with Crippen molar-refractivity contribution in [2.45, 2.75) is 52.6 Å². The van der Waals surface area contributed by atoms with Gasteiger partial charge in [0.2, 0.25) is 0 Å². The highest BCUT2D eigenvalue weighted by atomic mass is 15.2. The van der Waals surface area contributed by atoms with E-state index in [1.807, 2.05) is 15.1 Å². The molecule has 1 N–H and O–H groups in total. The minimum absolute atomic E-state index is 0.558. The van der Waals surface area contributed by atoms with E-state index < -0.39 is 0 Å². The Morgan fingerprint density at radius 3 is 1.79 bits per heavy atom. The van der Waals surface area contributed by atoms with E-state index in [4.69, 9.17) is 0 Å². The van der Waals surface area contributed by atoms with Crippen molar-refractivity contribution in [3.05, 3.63) is 0 Å². The Bertz CT molecular complexity index is 154. The third-order valence-corrected chi connectivity index (χ3v) is 2.91. The van der Waals surface area contributed by atoms with Gasteiger partial charge in [-0.2, -0.15) is 0 Å². The Hall–Kier alpha value is 0.0748. The first kappa shape index (κ1) is 12.1. The molecule has 0 aromatic rings. The third-order valence-electron chi connectivity index (χ3n) is 2.91. The predicted octanol–water partition coefficient (Wildman–Crippen LogP) is 0.393. The summed E-state index contributed by atoms with van der Waals surface area (Å²) in [6, 6.07) is 1.12. The lowest BCUT2D eigenvalue weighted by molar-refractivity contribution is 0.411. The van der Waals surface area contributed by atoms with E-state index in [1.165, 1.54) is 0 Å². The van der Waals surface area contributed by atoms with Gasteiger partial charge in [-0.3, -0.25) is 0 Å². The maximum absolute atomic E-state index is 3.19. The van der Waals surface area contributed by atoms with Gasteiger partial charge in [-0.15, -0.1) is 0 Å². The zero-order valence-electron chi connectivity index (χ0n) is 9.70. The summed E-state index contributed by atoms with van der Waals surface area (Å²) in [5.74, 6) is 0. The highest BCUT2D eigenvalue weighted by molar-refractivity contribution is 6.65. The van der Waals surface area contributed by atoms with Crippen LogP contribution in [0.25, 0.3) is 0 Å². The molecule has 0 bridgehead atoms. The first-order valence-corrected chi connectivity index (χ1v) is 5.51. The monoisotopic (exact) mass is 190 g/mol. The van der Waals surface area contributed by atoms with Gasteiger partial charge < -0.3 is 14.6 Å². The summed E-state index contributed by atoms with van der Waals surface area (Å²) in [5.41, 5.74) is 0. The van der Waals surface area contributed by atoms with Crippen LogP contribution in [-0.4, -0.2) is 44.2 Å². The van der Waals surface area contributed by atoms with E-state index >= 15 is 0 Å². The van der Waals surface area contributed by atoms with Gasteiger partial charge in [-0.25, -0.2) is 0 Å². The molecule has 2 unspecified atom stereocenters. The van der Waals surface area contributed by atoms with Crippen LogP contribution in [0.5, 0.6) is 0 Å². The van der Waals surface area contributed by atoms with E-state index in [9.17, 15) is 0 Å². The summed E-state index contributed by atoms with van der Waals surface area (Å²) >= 11 is 0. The van der Waals surface area contributed by atoms with Crippen LogP contribution in [0.3, 0.4) is 0 Å². The lowest BCUT2D eigenvalue weighted by Crippen LogP contribution is -2.63. The van der Waals surface area contributed by atoms with E-state index in [2.05, 4.69) is 49.8 Å². The van der Waals surface area contributed by atoms with Gasteiger partial charge in [0.15, 0.2) is 0 Å². The molecule has 2 atom stereocenters.